The molecule has 0 saturated carbocycles. The van der Waals surface area contributed by atoms with Crippen molar-refractivity contribution < 1.29 is 26.9 Å². The quantitative estimate of drug-likeness (QED) is 0.549. The zero-order valence-electron chi connectivity index (χ0n) is 17.2. The predicted octanol–water partition coefficient (Wildman–Crippen LogP) is 2.81. The van der Waals surface area contributed by atoms with Gasteiger partial charge in [-0.05, 0) is 55.3 Å². The Balaban J connectivity index is 2.16. The van der Waals surface area contributed by atoms with E-state index >= 15 is 0 Å². The smallest absolute Gasteiger partial charge is 0.339 e. The third kappa shape index (κ3) is 6.28. The van der Waals surface area contributed by atoms with E-state index in [1.54, 1.807) is 50.3 Å². The van der Waals surface area contributed by atoms with Crippen molar-refractivity contribution in [3.8, 4) is 5.75 Å². The molecule has 1 amide bonds. The first-order valence-electron chi connectivity index (χ1n) is 9.17. The molecule has 0 saturated heterocycles. The van der Waals surface area contributed by atoms with Crippen LogP contribution in [-0.4, -0.2) is 59.7 Å². The topological polar surface area (TPSA) is 82.1 Å². The molecule has 0 spiro atoms. The van der Waals surface area contributed by atoms with Gasteiger partial charge in [0.2, 0.25) is 0 Å². The lowest BCUT2D eigenvalue weighted by atomic mass is 10.2. The van der Waals surface area contributed by atoms with Crippen molar-refractivity contribution in [3.63, 3.8) is 0 Å². The minimum Gasteiger partial charge on any atom is -0.383 e. The minimum atomic E-state index is -3.97. The molecule has 0 heterocycles. The Morgan fingerprint density at radius 1 is 0.931 bits per heavy atom. The highest BCUT2D eigenvalue weighted by atomic mass is 32.2. The Kier molecular flexibility index (Phi) is 8.19. The van der Waals surface area contributed by atoms with Gasteiger partial charge in [0.15, 0.2) is 0 Å². The first kappa shape index (κ1) is 22.9. The summed E-state index contributed by atoms with van der Waals surface area (Å²) < 4.78 is 40.6. The molecule has 29 heavy (non-hydrogen) atoms. The summed E-state index contributed by atoms with van der Waals surface area (Å²) in [5, 5.41) is 0. The second-order valence-electron chi connectivity index (χ2n) is 6.61. The number of carbonyl (C=O) groups is 1. The van der Waals surface area contributed by atoms with Crippen LogP contribution in [0.2, 0.25) is 0 Å². The molecule has 0 bridgehead atoms. The first-order valence-corrected chi connectivity index (χ1v) is 10.6. The molecule has 0 aliphatic rings. The van der Waals surface area contributed by atoms with E-state index in [-0.39, 0.29) is 16.6 Å². The van der Waals surface area contributed by atoms with Gasteiger partial charge in [-0.2, -0.15) is 8.42 Å². The Bertz CT molecular complexity index is 917. The van der Waals surface area contributed by atoms with E-state index in [9.17, 15) is 13.2 Å². The molecule has 0 aromatic heterocycles. The van der Waals surface area contributed by atoms with E-state index in [1.165, 1.54) is 12.1 Å². The Morgan fingerprint density at radius 2 is 1.52 bits per heavy atom. The van der Waals surface area contributed by atoms with Crippen molar-refractivity contribution in [2.24, 2.45) is 0 Å². The standard InChI is InChI=1S/C21H27NO6S/c1-16-5-6-17(2)20(15-16)29(24,25)28-19-9-7-18(8-10-19)21(23)22(11-13-26-3)12-14-27-4/h5-10,15H,11-14H2,1-4H3. The maximum Gasteiger partial charge on any atom is 0.339 e. The van der Waals surface area contributed by atoms with Crippen LogP contribution in [0.4, 0.5) is 0 Å². The molecule has 2 rings (SSSR count). The van der Waals surface area contributed by atoms with Crippen LogP contribution in [0.3, 0.4) is 0 Å². The average molecular weight is 422 g/mol. The number of ether oxygens (including phenoxy) is 2. The molecule has 0 radical (unpaired) electrons. The predicted molar refractivity (Wildman–Crippen MR) is 110 cm³/mol. The zero-order chi connectivity index (χ0) is 21.4. The first-order chi connectivity index (χ1) is 13.8. The monoisotopic (exact) mass is 421 g/mol. The van der Waals surface area contributed by atoms with Gasteiger partial charge in [0.25, 0.3) is 5.91 Å². The summed E-state index contributed by atoms with van der Waals surface area (Å²) in [7, 11) is -0.826. The lowest BCUT2D eigenvalue weighted by Crippen LogP contribution is -2.36. The molecule has 2 aromatic carbocycles. The van der Waals surface area contributed by atoms with E-state index in [4.69, 9.17) is 13.7 Å². The van der Waals surface area contributed by atoms with Crippen LogP contribution < -0.4 is 4.18 Å². The number of benzene rings is 2. The van der Waals surface area contributed by atoms with Crippen LogP contribution >= 0.6 is 0 Å². The highest BCUT2D eigenvalue weighted by Gasteiger charge is 2.20. The lowest BCUT2D eigenvalue weighted by molar-refractivity contribution is 0.0627. The molecule has 158 valence electrons. The lowest BCUT2D eigenvalue weighted by Gasteiger charge is -2.22. The number of methoxy groups -OCH3 is 2. The van der Waals surface area contributed by atoms with Crippen LogP contribution in [0.25, 0.3) is 0 Å². The SMILES string of the molecule is COCCN(CCOC)C(=O)c1ccc(OS(=O)(=O)c2cc(C)ccc2C)cc1. The van der Waals surface area contributed by atoms with Crippen molar-refractivity contribution in [1.29, 1.82) is 0 Å². The minimum absolute atomic E-state index is 0.128. The zero-order valence-corrected chi connectivity index (χ0v) is 18.0. The van der Waals surface area contributed by atoms with Crippen LogP contribution in [0, 0.1) is 13.8 Å². The number of rotatable bonds is 10. The second-order valence-corrected chi connectivity index (χ2v) is 8.12. The number of aryl methyl sites for hydroxylation is 2. The van der Waals surface area contributed by atoms with Gasteiger partial charge in [-0.15, -0.1) is 0 Å². The van der Waals surface area contributed by atoms with Crippen molar-refractivity contribution in [1.82, 2.24) is 4.90 Å². The maximum atomic E-state index is 12.7. The van der Waals surface area contributed by atoms with Gasteiger partial charge in [-0.25, -0.2) is 0 Å². The average Bonchev–Trinajstić information content (AvgIpc) is 2.69. The van der Waals surface area contributed by atoms with Crippen LogP contribution in [-0.2, 0) is 19.6 Å². The fourth-order valence-electron chi connectivity index (χ4n) is 2.70. The van der Waals surface area contributed by atoms with Crippen molar-refractivity contribution >= 4 is 16.0 Å². The molecule has 8 heteroatoms. The third-order valence-corrected chi connectivity index (χ3v) is 5.73. The summed E-state index contributed by atoms with van der Waals surface area (Å²) in [5.74, 6) is -0.0502. The molecule has 7 nitrogen and oxygen atoms in total. The van der Waals surface area contributed by atoms with Gasteiger partial charge in [-0.3, -0.25) is 4.79 Å². The summed E-state index contributed by atoms with van der Waals surface area (Å²) in [5.41, 5.74) is 1.86. The van der Waals surface area contributed by atoms with Crippen molar-refractivity contribution in [2.75, 3.05) is 40.5 Å². The third-order valence-electron chi connectivity index (χ3n) is 4.34. The van der Waals surface area contributed by atoms with Crippen molar-refractivity contribution in [3.05, 3.63) is 59.2 Å². The van der Waals surface area contributed by atoms with Gasteiger partial charge in [-0.1, -0.05) is 12.1 Å². The molecular formula is C21H27NO6S. The number of amides is 1. The molecule has 2 aromatic rings. The van der Waals surface area contributed by atoms with E-state index in [0.29, 0.717) is 37.4 Å². The summed E-state index contributed by atoms with van der Waals surface area (Å²) >= 11 is 0. The van der Waals surface area contributed by atoms with Crippen LogP contribution in [0.15, 0.2) is 47.4 Å². The normalized spacial score (nSPS) is 11.3. The van der Waals surface area contributed by atoms with Gasteiger partial charge in [0.1, 0.15) is 10.6 Å². The number of nitrogens with zero attached hydrogens (tertiary/aromatic N) is 1. The van der Waals surface area contributed by atoms with E-state index in [0.717, 1.165) is 5.56 Å². The van der Waals surface area contributed by atoms with Crippen LogP contribution in [0.1, 0.15) is 21.5 Å². The Morgan fingerprint density at radius 3 is 2.07 bits per heavy atom. The molecule has 0 aliphatic heterocycles. The van der Waals surface area contributed by atoms with E-state index < -0.39 is 10.1 Å². The summed E-state index contributed by atoms with van der Waals surface area (Å²) in [6, 6.07) is 11.2. The van der Waals surface area contributed by atoms with Gasteiger partial charge in [0.05, 0.1) is 13.2 Å². The Hall–Kier alpha value is -2.42. The molecule has 0 atom stereocenters. The second kappa shape index (κ2) is 10.4. The number of carbonyl (C=O) groups excluding carboxylic acids is 1. The summed E-state index contributed by atoms with van der Waals surface area (Å²) in [4.78, 5) is 14.5. The van der Waals surface area contributed by atoms with Crippen molar-refractivity contribution in [2.45, 2.75) is 18.7 Å². The van der Waals surface area contributed by atoms with Crippen LogP contribution in [0.5, 0.6) is 5.75 Å². The highest BCUT2D eigenvalue weighted by Crippen LogP contribution is 2.23. The van der Waals surface area contributed by atoms with Gasteiger partial charge >= 0.3 is 10.1 Å². The molecule has 0 unspecified atom stereocenters. The molecular weight excluding hydrogens is 394 g/mol. The van der Waals surface area contributed by atoms with E-state index in [1.807, 2.05) is 13.0 Å². The highest BCUT2D eigenvalue weighted by molar-refractivity contribution is 7.87. The van der Waals surface area contributed by atoms with Gasteiger partial charge in [0, 0.05) is 32.9 Å². The fraction of sp³-hybridized carbons (Fsp3) is 0.381. The Labute approximate surface area is 172 Å². The molecule has 0 fully saturated rings. The number of hydrogen-bond donors (Lipinski definition) is 0. The largest absolute Gasteiger partial charge is 0.383 e. The summed E-state index contributed by atoms with van der Waals surface area (Å²) in [6.07, 6.45) is 0. The van der Waals surface area contributed by atoms with E-state index in [2.05, 4.69) is 0 Å². The molecule has 0 N–H and O–H groups in total. The number of hydrogen-bond acceptors (Lipinski definition) is 6. The molecule has 0 aliphatic carbocycles. The van der Waals surface area contributed by atoms with Gasteiger partial charge < -0.3 is 18.6 Å². The maximum absolute atomic E-state index is 12.7. The fourth-order valence-corrected chi connectivity index (χ4v) is 3.95. The summed E-state index contributed by atoms with van der Waals surface area (Å²) in [6.45, 7) is 5.20.